The molecule has 0 radical (unpaired) electrons. The molecule has 0 saturated carbocycles. The fraction of sp³-hybridized carbons (Fsp3) is 0.429. The topological polar surface area (TPSA) is 84.2 Å². The van der Waals surface area contributed by atoms with Crippen molar-refractivity contribution in [2.24, 2.45) is 5.73 Å². The summed E-state index contributed by atoms with van der Waals surface area (Å²) >= 11 is 0. The highest BCUT2D eigenvalue weighted by atomic mass is 35.5. The van der Waals surface area contributed by atoms with Gasteiger partial charge in [0.25, 0.3) is 5.91 Å². The third kappa shape index (κ3) is 6.54. The molecule has 0 heterocycles. The van der Waals surface area contributed by atoms with Gasteiger partial charge in [-0.1, -0.05) is 0 Å². The van der Waals surface area contributed by atoms with Gasteiger partial charge in [-0.25, -0.2) is 0 Å². The Hall–Kier alpha value is -1.59. The molecule has 1 rings (SSSR count). The Bertz CT molecular complexity index is 433. The molecule has 0 aliphatic rings. The molecular weight excluding hydrogens is 278 g/mol. The van der Waals surface area contributed by atoms with E-state index in [2.05, 4.69) is 10.6 Å². The predicted octanol–water partition coefficient (Wildman–Crippen LogP) is 1.92. The summed E-state index contributed by atoms with van der Waals surface area (Å²) in [4.78, 5) is 23.1. The van der Waals surface area contributed by atoms with Gasteiger partial charge in [-0.3, -0.25) is 9.59 Å². The van der Waals surface area contributed by atoms with E-state index in [1.54, 1.807) is 24.3 Å². The lowest BCUT2D eigenvalue weighted by atomic mass is 10.1. The van der Waals surface area contributed by atoms with E-state index in [0.29, 0.717) is 30.6 Å². The van der Waals surface area contributed by atoms with Crippen LogP contribution in [0.4, 0.5) is 5.69 Å². The van der Waals surface area contributed by atoms with Gasteiger partial charge in [0.1, 0.15) is 0 Å². The Kier molecular flexibility index (Phi) is 8.59. The number of carbonyl (C=O) groups excluding carboxylic acids is 2. The highest BCUT2D eigenvalue weighted by Gasteiger charge is 2.06. The molecule has 0 aliphatic carbocycles. The molecule has 1 unspecified atom stereocenters. The molecule has 112 valence electrons. The normalized spacial score (nSPS) is 11.2. The van der Waals surface area contributed by atoms with Gasteiger partial charge in [0.2, 0.25) is 5.91 Å². The maximum Gasteiger partial charge on any atom is 0.251 e. The molecule has 0 saturated heterocycles. The van der Waals surface area contributed by atoms with E-state index < -0.39 is 0 Å². The number of rotatable bonds is 6. The average Bonchev–Trinajstić information content (AvgIpc) is 2.37. The number of halogens is 1. The van der Waals surface area contributed by atoms with E-state index >= 15 is 0 Å². The predicted molar refractivity (Wildman–Crippen MR) is 83.2 cm³/mol. The summed E-state index contributed by atoms with van der Waals surface area (Å²) in [6, 6.07) is 6.83. The summed E-state index contributed by atoms with van der Waals surface area (Å²) in [7, 11) is 0. The Labute approximate surface area is 125 Å². The first-order valence-corrected chi connectivity index (χ1v) is 6.46. The van der Waals surface area contributed by atoms with E-state index in [4.69, 9.17) is 5.73 Å². The lowest BCUT2D eigenvalue weighted by Gasteiger charge is -2.08. The van der Waals surface area contributed by atoms with Crippen LogP contribution in [0.15, 0.2) is 24.3 Å². The van der Waals surface area contributed by atoms with Crippen molar-refractivity contribution in [3.8, 4) is 0 Å². The summed E-state index contributed by atoms with van der Waals surface area (Å²) in [6.45, 7) is 4.33. The highest BCUT2D eigenvalue weighted by molar-refractivity contribution is 5.95. The Morgan fingerprint density at radius 3 is 2.35 bits per heavy atom. The summed E-state index contributed by atoms with van der Waals surface area (Å²) in [6.07, 6.45) is 1.05. The third-order valence-corrected chi connectivity index (χ3v) is 2.59. The quantitative estimate of drug-likeness (QED) is 0.750. The van der Waals surface area contributed by atoms with Gasteiger partial charge in [0.15, 0.2) is 0 Å². The van der Waals surface area contributed by atoms with Gasteiger partial charge in [-0.15, -0.1) is 12.4 Å². The Morgan fingerprint density at radius 2 is 1.85 bits per heavy atom. The molecule has 1 aromatic carbocycles. The van der Waals surface area contributed by atoms with Crippen LogP contribution in [0.1, 0.15) is 37.0 Å². The van der Waals surface area contributed by atoms with Crippen molar-refractivity contribution < 1.29 is 9.59 Å². The molecule has 0 bridgehead atoms. The number of nitrogens with two attached hydrogens (primary N) is 1. The molecule has 1 atom stereocenters. The molecule has 6 heteroatoms. The second-order valence-electron chi connectivity index (χ2n) is 4.50. The summed E-state index contributed by atoms with van der Waals surface area (Å²) in [5.41, 5.74) is 6.85. The van der Waals surface area contributed by atoms with Crippen molar-refractivity contribution in [3.05, 3.63) is 29.8 Å². The minimum atomic E-state index is -0.114. The molecule has 1 aromatic rings. The maximum atomic E-state index is 11.6. The SMILES string of the molecule is CCNC(=O)c1ccc(NC(=O)CCC(C)N)cc1.Cl. The summed E-state index contributed by atoms with van der Waals surface area (Å²) in [5.74, 6) is -0.180. The van der Waals surface area contributed by atoms with Gasteiger partial charge in [0.05, 0.1) is 0 Å². The van der Waals surface area contributed by atoms with E-state index in [1.165, 1.54) is 0 Å². The first-order chi connectivity index (χ1) is 9.02. The number of carbonyl (C=O) groups is 2. The number of hydrogen-bond acceptors (Lipinski definition) is 3. The zero-order chi connectivity index (χ0) is 14.3. The van der Waals surface area contributed by atoms with Crippen molar-refractivity contribution in [1.29, 1.82) is 0 Å². The van der Waals surface area contributed by atoms with Crippen LogP contribution in [0.5, 0.6) is 0 Å². The largest absolute Gasteiger partial charge is 0.352 e. The van der Waals surface area contributed by atoms with Crippen molar-refractivity contribution in [2.45, 2.75) is 32.7 Å². The van der Waals surface area contributed by atoms with Crippen molar-refractivity contribution >= 4 is 29.9 Å². The molecule has 20 heavy (non-hydrogen) atoms. The summed E-state index contributed by atoms with van der Waals surface area (Å²) < 4.78 is 0. The van der Waals surface area contributed by atoms with Gasteiger partial charge < -0.3 is 16.4 Å². The zero-order valence-corrected chi connectivity index (χ0v) is 12.6. The fourth-order valence-electron chi connectivity index (χ4n) is 1.55. The van der Waals surface area contributed by atoms with E-state index in [-0.39, 0.29) is 30.3 Å². The van der Waals surface area contributed by atoms with E-state index in [1.807, 2.05) is 13.8 Å². The first kappa shape index (κ1) is 18.4. The van der Waals surface area contributed by atoms with Gasteiger partial charge >= 0.3 is 0 Å². The lowest BCUT2D eigenvalue weighted by molar-refractivity contribution is -0.116. The number of anilines is 1. The van der Waals surface area contributed by atoms with Crippen LogP contribution in [0, 0.1) is 0 Å². The van der Waals surface area contributed by atoms with Gasteiger partial charge in [-0.2, -0.15) is 0 Å². The second kappa shape index (κ2) is 9.34. The molecule has 5 nitrogen and oxygen atoms in total. The standard InChI is InChI=1S/C14H21N3O2.ClH/c1-3-16-14(19)11-5-7-12(8-6-11)17-13(18)9-4-10(2)15;/h5-8,10H,3-4,9,15H2,1-2H3,(H,16,19)(H,17,18);1H. The van der Waals surface area contributed by atoms with Crippen LogP contribution in [0.3, 0.4) is 0 Å². The molecule has 0 aromatic heterocycles. The first-order valence-electron chi connectivity index (χ1n) is 6.46. The third-order valence-electron chi connectivity index (χ3n) is 2.59. The minimum Gasteiger partial charge on any atom is -0.352 e. The van der Waals surface area contributed by atoms with Crippen LogP contribution >= 0.6 is 12.4 Å². The smallest absolute Gasteiger partial charge is 0.251 e. The van der Waals surface area contributed by atoms with Crippen LogP contribution in [-0.4, -0.2) is 24.4 Å². The molecule has 2 amide bonds. The second-order valence-corrected chi connectivity index (χ2v) is 4.50. The van der Waals surface area contributed by atoms with Crippen molar-refractivity contribution in [1.82, 2.24) is 5.32 Å². The van der Waals surface area contributed by atoms with Crippen LogP contribution in [0.25, 0.3) is 0 Å². The Morgan fingerprint density at radius 1 is 1.25 bits per heavy atom. The zero-order valence-electron chi connectivity index (χ0n) is 11.8. The molecule has 0 aliphatic heterocycles. The van der Waals surface area contributed by atoms with Crippen LogP contribution in [0.2, 0.25) is 0 Å². The fourth-order valence-corrected chi connectivity index (χ4v) is 1.55. The Balaban J connectivity index is 0.00000361. The maximum absolute atomic E-state index is 11.6. The van der Waals surface area contributed by atoms with E-state index in [9.17, 15) is 9.59 Å². The lowest BCUT2D eigenvalue weighted by Crippen LogP contribution is -2.22. The minimum absolute atomic E-state index is 0. The molecular formula is C14H22ClN3O2. The number of nitrogens with one attached hydrogen (secondary N) is 2. The average molecular weight is 300 g/mol. The number of hydrogen-bond donors (Lipinski definition) is 3. The van der Waals surface area contributed by atoms with Crippen molar-refractivity contribution in [2.75, 3.05) is 11.9 Å². The highest BCUT2D eigenvalue weighted by Crippen LogP contribution is 2.10. The van der Waals surface area contributed by atoms with Crippen LogP contribution in [-0.2, 0) is 4.79 Å². The van der Waals surface area contributed by atoms with Crippen molar-refractivity contribution in [3.63, 3.8) is 0 Å². The molecule has 0 fully saturated rings. The molecule has 0 spiro atoms. The molecule has 4 N–H and O–H groups in total. The monoisotopic (exact) mass is 299 g/mol. The summed E-state index contributed by atoms with van der Waals surface area (Å²) in [5, 5.41) is 5.48. The van der Waals surface area contributed by atoms with Gasteiger partial charge in [-0.05, 0) is 44.5 Å². The van der Waals surface area contributed by atoms with E-state index in [0.717, 1.165) is 0 Å². The van der Waals surface area contributed by atoms with Gasteiger partial charge in [0, 0.05) is 30.3 Å². The van der Waals surface area contributed by atoms with Crippen LogP contribution < -0.4 is 16.4 Å². The number of benzene rings is 1. The number of amides is 2.